The van der Waals surface area contributed by atoms with Crippen LogP contribution in [0.4, 0.5) is 0 Å². The van der Waals surface area contributed by atoms with Gasteiger partial charge in [-0.1, -0.05) is 79.7 Å². The number of benzene rings is 3. The van der Waals surface area contributed by atoms with Crippen molar-refractivity contribution in [1.82, 2.24) is 0 Å². The summed E-state index contributed by atoms with van der Waals surface area (Å²) < 4.78 is 5.68. The van der Waals surface area contributed by atoms with Gasteiger partial charge >= 0.3 is 0 Å². The van der Waals surface area contributed by atoms with Crippen molar-refractivity contribution >= 4 is 0 Å². The summed E-state index contributed by atoms with van der Waals surface area (Å²) in [6.07, 6.45) is 0.382. The van der Waals surface area contributed by atoms with Crippen LogP contribution in [0, 0.1) is 0 Å². The van der Waals surface area contributed by atoms with Gasteiger partial charge in [0.1, 0.15) is 5.75 Å². The summed E-state index contributed by atoms with van der Waals surface area (Å²) in [6, 6.07) is 28.1. The van der Waals surface area contributed by atoms with Gasteiger partial charge in [0, 0.05) is 5.92 Å². The molecule has 128 valence electrons. The highest BCUT2D eigenvalue weighted by Crippen LogP contribution is 2.37. The van der Waals surface area contributed by atoms with Crippen molar-refractivity contribution in [2.75, 3.05) is 6.61 Å². The normalized spacial score (nSPS) is 13.2. The third kappa shape index (κ3) is 4.28. The first-order chi connectivity index (χ1) is 12.3. The Balaban J connectivity index is 1.94. The minimum absolute atomic E-state index is 0.121. The van der Waals surface area contributed by atoms with E-state index >= 15 is 0 Å². The number of hydrogen-bond donors (Lipinski definition) is 1. The summed E-state index contributed by atoms with van der Waals surface area (Å²) >= 11 is 0. The molecule has 1 N–H and O–H groups in total. The Bertz CT molecular complexity index is 751. The first-order valence-electron chi connectivity index (χ1n) is 8.80. The molecule has 2 atom stereocenters. The van der Waals surface area contributed by atoms with Crippen LogP contribution in [0.1, 0.15) is 42.1 Å². The van der Waals surface area contributed by atoms with Gasteiger partial charge in [-0.3, -0.25) is 0 Å². The highest BCUT2D eigenvalue weighted by atomic mass is 16.5. The van der Waals surface area contributed by atoms with E-state index in [0.29, 0.717) is 6.61 Å². The lowest BCUT2D eigenvalue weighted by Crippen LogP contribution is -2.12. The molecular formula is C23H24O2. The molecule has 0 aliphatic carbocycles. The Labute approximate surface area is 149 Å². The van der Waals surface area contributed by atoms with E-state index in [-0.39, 0.29) is 5.92 Å². The second-order valence-electron chi connectivity index (χ2n) is 6.16. The third-order valence-electron chi connectivity index (χ3n) is 4.33. The van der Waals surface area contributed by atoms with E-state index in [4.69, 9.17) is 4.74 Å². The number of ether oxygens (including phenoxy) is 1. The van der Waals surface area contributed by atoms with E-state index in [1.807, 2.05) is 60.7 Å². The quantitative estimate of drug-likeness (QED) is 0.633. The molecule has 0 aliphatic heterocycles. The van der Waals surface area contributed by atoms with Gasteiger partial charge in [0.05, 0.1) is 12.7 Å². The first-order valence-corrected chi connectivity index (χ1v) is 8.80. The lowest BCUT2D eigenvalue weighted by molar-refractivity contribution is 0.159. The zero-order chi connectivity index (χ0) is 17.5. The molecule has 0 saturated carbocycles. The fourth-order valence-electron chi connectivity index (χ4n) is 3.05. The van der Waals surface area contributed by atoms with Crippen molar-refractivity contribution in [2.45, 2.75) is 25.4 Å². The summed E-state index contributed by atoms with van der Waals surface area (Å²) in [5.41, 5.74) is 3.09. The van der Waals surface area contributed by atoms with Crippen LogP contribution in [0.15, 0.2) is 84.9 Å². The summed E-state index contributed by atoms with van der Waals surface area (Å²) in [4.78, 5) is 0. The van der Waals surface area contributed by atoms with Crippen LogP contribution in [0.5, 0.6) is 5.75 Å². The third-order valence-corrected chi connectivity index (χ3v) is 4.33. The average molecular weight is 332 g/mol. The topological polar surface area (TPSA) is 29.5 Å². The highest BCUT2D eigenvalue weighted by Gasteiger charge is 2.24. The molecule has 3 aromatic rings. The summed E-state index contributed by atoms with van der Waals surface area (Å²) in [5, 5.41) is 11.1. The molecule has 3 rings (SSSR count). The summed E-state index contributed by atoms with van der Waals surface area (Å²) in [5.74, 6) is 0.746. The van der Waals surface area contributed by atoms with Crippen LogP contribution in [0.3, 0.4) is 0 Å². The minimum atomic E-state index is -0.606. The minimum Gasteiger partial charge on any atom is -0.494 e. The van der Waals surface area contributed by atoms with E-state index in [1.165, 1.54) is 0 Å². The SMILES string of the molecule is CCCOc1ccc(C(c2ccccc2)C(O)c2ccccc2)cc1. The van der Waals surface area contributed by atoms with Crippen LogP contribution in [0.25, 0.3) is 0 Å². The molecule has 0 aliphatic rings. The van der Waals surface area contributed by atoms with E-state index in [2.05, 4.69) is 31.2 Å². The second kappa shape index (κ2) is 8.50. The van der Waals surface area contributed by atoms with Gasteiger partial charge in [0.2, 0.25) is 0 Å². The number of rotatable bonds is 7. The van der Waals surface area contributed by atoms with Gasteiger partial charge in [0.25, 0.3) is 0 Å². The zero-order valence-electron chi connectivity index (χ0n) is 14.5. The largest absolute Gasteiger partial charge is 0.494 e. The smallest absolute Gasteiger partial charge is 0.119 e. The summed E-state index contributed by atoms with van der Waals surface area (Å²) in [6.45, 7) is 2.81. The standard InChI is InChI=1S/C23H24O2/c1-2-17-25-21-15-13-19(14-16-21)22(18-9-5-3-6-10-18)23(24)20-11-7-4-8-12-20/h3-16,22-24H,2,17H2,1H3. The van der Waals surface area contributed by atoms with E-state index in [0.717, 1.165) is 28.9 Å². The van der Waals surface area contributed by atoms with Crippen LogP contribution in [0.2, 0.25) is 0 Å². The van der Waals surface area contributed by atoms with E-state index < -0.39 is 6.10 Å². The van der Waals surface area contributed by atoms with Crippen molar-refractivity contribution in [3.05, 3.63) is 102 Å². The predicted molar refractivity (Wildman–Crippen MR) is 102 cm³/mol. The Morgan fingerprint density at radius 2 is 1.24 bits per heavy atom. The molecule has 3 aromatic carbocycles. The molecule has 0 fully saturated rings. The van der Waals surface area contributed by atoms with Crippen molar-refractivity contribution in [3.63, 3.8) is 0 Å². The Morgan fingerprint density at radius 1 is 0.720 bits per heavy atom. The highest BCUT2D eigenvalue weighted by molar-refractivity contribution is 5.39. The molecule has 0 heterocycles. The van der Waals surface area contributed by atoms with Gasteiger partial charge in [-0.25, -0.2) is 0 Å². The van der Waals surface area contributed by atoms with Crippen molar-refractivity contribution < 1.29 is 9.84 Å². The molecular weight excluding hydrogens is 308 g/mol. The van der Waals surface area contributed by atoms with Crippen LogP contribution in [-0.2, 0) is 0 Å². The van der Waals surface area contributed by atoms with E-state index in [9.17, 15) is 5.11 Å². The maximum absolute atomic E-state index is 11.1. The molecule has 0 radical (unpaired) electrons. The maximum Gasteiger partial charge on any atom is 0.119 e. The van der Waals surface area contributed by atoms with Crippen molar-refractivity contribution in [3.8, 4) is 5.75 Å². The average Bonchev–Trinajstić information content (AvgIpc) is 2.69. The summed E-state index contributed by atoms with van der Waals surface area (Å²) in [7, 11) is 0. The second-order valence-corrected chi connectivity index (χ2v) is 6.16. The van der Waals surface area contributed by atoms with Crippen LogP contribution in [-0.4, -0.2) is 11.7 Å². The van der Waals surface area contributed by atoms with Gasteiger partial charge in [0.15, 0.2) is 0 Å². The molecule has 0 bridgehead atoms. The van der Waals surface area contributed by atoms with Gasteiger partial charge < -0.3 is 9.84 Å². The number of hydrogen-bond acceptors (Lipinski definition) is 2. The molecule has 0 amide bonds. The van der Waals surface area contributed by atoms with Crippen LogP contribution < -0.4 is 4.74 Å². The number of aliphatic hydroxyl groups excluding tert-OH is 1. The molecule has 2 unspecified atom stereocenters. The monoisotopic (exact) mass is 332 g/mol. The maximum atomic E-state index is 11.1. The zero-order valence-corrected chi connectivity index (χ0v) is 14.5. The van der Waals surface area contributed by atoms with E-state index in [1.54, 1.807) is 0 Å². The Kier molecular flexibility index (Phi) is 5.86. The van der Waals surface area contributed by atoms with Gasteiger partial charge in [-0.05, 0) is 35.2 Å². The van der Waals surface area contributed by atoms with Gasteiger partial charge in [-0.2, -0.15) is 0 Å². The fourth-order valence-corrected chi connectivity index (χ4v) is 3.05. The predicted octanol–water partition coefficient (Wildman–Crippen LogP) is 5.34. The lowest BCUT2D eigenvalue weighted by atomic mass is 9.83. The number of aliphatic hydroxyl groups is 1. The lowest BCUT2D eigenvalue weighted by Gasteiger charge is -2.24. The van der Waals surface area contributed by atoms with Crippen LogP contribution >= 0.6 is 0 Å². The first kappa shape index (κ1) is 17.2. The molecule has 0 spiro atoms. The molecule has 0 aromatic heterocycles. The molecule has 2 heteroatoms. The van der Waals surface area contributed by atoms with Crippen molar-refractivity contribution in [2.24, 2.45) is 0 Å². The molecule has 25 heavy (non-hydrogen) atoms. The fraction of sp³-hybridized carbons (Fsp3) is 0.217. The van der Waals surface area contributed by atoms with Crippen molar-refractivity contribution in [1.29, 1.82) is 0 Å². The Hall–Kier alpha value is -2.58. The Morgan fingerprint density at radius 3 is 1.80 bits per heavy atom. The van der Waals surface area contributed by atoms with Gasteiger partial charge in [-0.15, -0.1) is 0 Å². The molecule has 0 saturated heterocycles. The molecule has 2 nitrogen and oxygen atoms in total.